The number of hydrogen-bond acceptors (Lipinski definition) is 3. The SMILES string of the molecule is CC1OCCC1(C)n1c(N)nc2c(Cl)cccc21. The second-order valence-electron chi connectivity index (χ2n) is 5.03. The van der Waals surface area contributed by atoms with Gasteiger partial charge >= 0.3 is 0 Å². The van der Waals surface area contributed by atoms with Crippen LogP contribution in [-0.2, 0) is 10.3 Å². The number of nitrogens with zero attached hydrogens (tertiary/aromatic N) is 2. The molecule has 0 saturated carbocycles. The number of benzene rings is 1. The second kappa shape index (κ2) is 3.87. The van der Waals surface area contributed by atoms with Crippen molar-refractivity contribution in [3.8, 4) is 0 Å². The van der Waals surface area contributed by atoms with E-state index in [0.29, 0.717) is 11.0 Å². The van der Waals surface area contributed by atoms with E-state index in [1.54, 1.807) is 0 Å². The Bertz CT molecular complexity index is 610. The third-order valence-corrected chi connectivity index (χ3v) is 4.33. The largest absolute Gasteiger partial charge is 0.376 e. The maximum Gasteiger partial charge on any atom is 0.201 e. The standard InChI is InChI=1S/C13H16ClN3O/c1-8-13(2,6-7-18-8)17-10-5-3-4-9(14)11(10)16-12(17)15/h3-5,8H,6-7H2,1-2H3,(H2,15,16). The Hall–Kier alpha value is -1.26. The molecule has 0 amide bonds. The second-order valence-corrected chi connectivity index (χ2v) is 5.44. The Balaban J connectivity index is 2.29. The molecular weight excluding hydrogens is 250 g/mol. The van der Waals surface area contributed by atoms with Crippen molar-refractivity contribution in [2.24, 2.45) is 0 Å². The van der Waals surface area contributed by atoms with Crippen LogP contribution in [0.1, 0.15) is 20.3 Å². The molecule has 5 heteroatoms. The van der Waals surface area contributed by atoms with Crippen LogP contribution in [0.4, 0.5) is 5.95 Å². The molecule has 1 aliphatic heterocycles. The quantitative estimate of drug-likeness (QED) is 0.863. The first-order valence-electron chi connectivity index (χ1n) is 6.08. The molecule has 0 aliphatic carbocycles. The van der Waals surface area contributed by atoms with Crippen molar-refractivity contribution in [1.82, 2.24) is 9.55 Å². The minimum absolute atomic E-state index is 0.108. The number of nitrogen functional groups attached to an aromatic ring is 1. The molecule has 1 aromatic carbocycles. The molecule has 2 heterocycles. The summed E-state index contributed by atoms with van der Waals surface area (Å²) in [5.74, 6) is 0.498. The summed E-state index contributed by atoms with van der Waals surface area (Å²) in [6.07, 6.45) is 1.03. The van der Waals surface area contributed by atoms with Crippen LogP contribution in [0.2, 0.25) is 5.02 Å². The van der Waals surface area contributed by atoms with Crippen LogP contribution in [0.15, 0.2) is 18.2 Å². The lowest BCUT2D eigenvalue weighted by atomic mass is 9.94. The highest BCUT2D eigenvalue weighted by Crippen LogP contribution is 2.38. The van der Waals surface area contributed by atoms with E-state index < -0.39 is 0 Å². The number of para-hydroxylation sites is 1. The minimum Gasteiger partial charge on any atom is -0.376 e. The van der Waals surface area contributed by atoms with Crippen molar-refractivity contribution >= 4 is 28.6 Å². The van der Waals surface area contributed by atoms with Gasteiger partial charge < -0.3 is 15.0 Å². The van der Waals surface area contributed by atoms with Crippen LogP contribution in [0, 0.1) is 0 Å². The molecular formula is C13H16ClN3O. The van der Waals surface area contributed by atoms with Gasteiger partial charge in [0.05, 0.1) is 22.2 Å². The van der Waals surface area contributed by atoms with E-state index >= 15 is 0 Å². The molecule has 1 saturated heterocycles. The number of nitrogens with two attached hydrogens (primary N) is 1. The Morgan fingerprint density at radius 1 is 1.56 bits per heavy atom. The van der Waals surface area contributed by atoms with Crippen molar-refractivity contribution in [2.45, 2.75) is 31.9 Å². The summed E-state index contributed by atoms with van der Waals surface area (Å²) in [5, 5.41) is 0.633. The lowest BCUT2D eigenvalue weighted by Gasteiger charge is -2.31. The average Bonchev–Trinajstić information content (AvgIpc) is 2.82. The van der Waals surface area contributed by atoms with Crippen molar-refractivity contribution in [3.63, 3.8) is 0 Å². The first kappa shape index (κ1) is 11.8. The van der Waals surface area contributed by atoms with Gasteiger partial charge in [-0.15, -0.1) is 0 Å². The molecule has 2 N–H and O–H groups in total. The van der Waals surface area contributed by atoms with E-state index in [1.165, 1.54) is 0 Å². The predicted octanol–water partition coefficient (Wildman–Crippen LogP) is 2.80. The van der Waals surface area contributed by atoms with Gasteiger partial charge in [0.1, 0.15) is 5.52 Å². The monoisotopic (exact) mass is 265 g/mol. The lowest BCUT2D eigenvalue weighted by molar-refractivity contribution is 0.0783. The molecule has 4 nitrogen and oxygen atoms in total. The fraction of sp³-hybridized carbons (Fsp3) is 0.462. The number of imidazole rings is 1. The molecule has 1 aliphatic rings. The zero-order chi connectivity index (χ0) is 12.9. The fourth-order valence-electron chi connectivity index (χ4n) is 2.74. The number of fused-ring (bicyclic) bond motifs is 1. The summed E-state index contributed by atoms with van der Waals surface area (Å²) in [6.45, 7) is 4.98. The summed E-state index contributed by atoms with van der Waals surface area (Å²) < 4.78 is 7.75. The maximum atomic E-state index is 6.17. The predicted molar refractivity (Wildman–Crippen MR) is 72.8 cm³/mol. The highest BCUT2D eigenvalue weighted by atomic mass is 35.5. The number of halogens is 1. The number of hydrogen-bond donors (Lipinski definition) is 1. The number of rotatable bonds is 1. The molecule has 3 rings (SSSR count). The Kier molecular flexibility index (Phi) is 2.54. The van der Waals surface area contributed by atoms with Crippen molar-refractivity contribution in [2.75, 3.05) is 12.3 Å². The van der Waals surface area contributed by atoms with E-state index in [4.69, 9.17) is 22.1 Å². The molecule has 0 radical (unpaired) electrons. The highest BCUT2D eigenvalue weighted by Gasteiger charge is 2.41. The molecule has 96 valence electrons. The van der Waals surface area contributed by atoms with Crippen molar-refractivity contribution in [1.29, 1.82) is 0 Å². The summed E-state index contributed by atoms with van der Waals surface area (Å²) in [4.78, 5) is 4.39. The summed E-state index contributed by atoms with van der Waals surface area (Å²) in [5.41, 5.74) is 7.66. The van der Waals surface area contributed by atoms with Gasteiger partial charge in [-0.1, -0.05) is 17.7 Å². The van der Waals surface area contributed by atoms with E-state index in [0.717, 1.165) is 24.1 Å². The van der Waals surface area contributed by atoms with Crippen molar-refractivity contribution < 1.29 is 4.74 Å². The zero-order valence-corrected chi connectivity index (χ0v) is 11.2. The van der Waals surface area contributed by atoms with Crippen LogP contribution < -0.4 is 5.73 Å². The molecule has 1 aromatic heterocycles. The number of anilines is 1. The Morgan fingerprint density at radius 3 is 3.00 bits per heavy atom. The number of ether oxygens (including phenoxy) is 1. The van der Waals surface area contributed by atoms with Gasteiger partial charge in [0, 0.05) is 6.61 Å². The molecule has 1 fully saturated rings. The first-order chi connectivity index (χ1) is 8.54. The molecule has 2 aromatic rings. The van der Waals surface area contributed by atoms with Gasteiger partial charge in [-0.05, 0) is 32.4 Å². The molecule has 0 bridgehead atoms. The van der Waals surface area contributed by atoms with Gasteiger partial charge in [0.25, 0.3) is 0 Å². The van der Waals surface area contributed by atoms with Crippen LogP contribution in [0.25, 0.3) is 11.0 Å². The Labute approximate surface area is 111 Å². The summed E-state index contributed by atoms with van der Waals surface area (Å²) in [7, 11) is 0. The number of aromatic nitrogens is 2. The zero-order valence-electron chi connectivity index (χ0n) is 10.5. The minimum atomic E-state index is -0.163. The fourth-order valence-corrected chi connectivity index (χ4v) is 2.95. The van der Waals surface area contributed by atoms with Crippen LogP contribution in [-0.4, -0.2) is 22.3 Å². The average molecular weight is 266 g/mol. The van der Waals surface area contributed by atoms with Crippen LogP contribution in [0.3, 0.4) is 0 Å². The van der Waals surface area contributed by atoms with E-state index in [1.807, 2.05) is 18.2 Å². The molecule has 18 heavy (non-hydrogen) atoms. The smallest absolute Gasteiger partial charge is 0.201 e. The third kappa shape index (κ3) is 1.45. The van der Waals surface area contributed by atoms with E-state index in [2.05, 4.69) is 23.4 Å². The van der Waals surface area contributed by atoms with Gasteiger partial charge in [-0.2, -0.15) is 0 Å². The maximum absolute atomic E-state index is 6.17. The van der Waals surface area contributed by atoms with Gasteiger partial charge in [0.15, 0.2) is 0 Å². The molecule has 2 atom stereocenters. The van der Waals surface area contributed by atoms with Gasteiger partial charge in [-0.3, -0.25) is 0 Å². The molecule has 0 spiro atoms. The van der Waals surface area contributed by atoms with Crippen molar-refractivity contribution in [3.05, 3.63) is 23.2 Å². The molecule has 2 unspecified atom stereocenters. The lowest BCUT2D eigenvalue weighted by Crippen LogP contribution is -2.37. The van der Waals surface area contributed by atoms with Gasteiger partial charge in [0.2, 0.25) is 5.95 Å². The normalized spacial score (nSPS) is 28.1. The van der Waals surface area contributed by atoms with Crippen LogP contribution >= 0.6 is 11.6 Å². The summed E-state index contributed by atoms with van der Waals surface area (Å²) in [6, 6.07) is 5.75. The highest BCUT2D eigenvalue weighted by molar-refractivity contribution is 6.35. The third-order valence-electron chi connectivity index (χ3n) is 4.02. The summed E-state index contributed by atoms with van der Waals surface area (Å²) >= 11 is 6.17. The first-order valence-corrected chi connectivity index (χ1v) is 6.46. The van der Waals surface area contributed by atoms with Crippen LogP contribution in [0.5, 0.6) is 0 Å². The topological polar surface area (TPSA) is 53.1 Å². The van der Waals surface area contributed by atoms with Gasteiger partial charge in [-0.25, -0.2) is 4.98 Å². The van der Waals surface area contributed by atoms with E-state index in [9.17, 15) is 0 Å². The van der Waals surface area contributed by atoms with E-state index in [-0.39, 0.29) is 11.6 Å². The Morgan fingerprint density at radius 2 is 2.33 bits per heavy atom.